The topological polar surface area (TPSA) is 72.3 Å². The van der Waals surface area contributed by atoms with Gasteiger partial charge in [0.25, 0.3) is 0 Å². The van der Waals surface area contributed by atoms with E-state index in [0.717, 1.165) is 44.1 Å². The molecule has 39 heavy (non-hydrogen) atoms. The van der Waals surface area contributed by atoms with Gasteiger partial charge in [-0.2, -0.15) is 0 Å². The molecule has 1 aromatic heterocycles. The lowest BCUT2D eigenvalue weighted by Crippen LogP contribution is -2.45. The first kappa shape index (κ1) is 31.0. The van der Waals surface area contributed by atoms with Crippen LogP contribution in [0, 0.1) is 11.8 Å². The van der Waals surface area contributed by atoms with Crippen LogP contribution in [-0.2, 0) is 11.2 Å². The predicted octanol–water partition coefficient (Wildman–Crippen LogP) is 9.00. The third-order valence-corrected chi connectivity index (χ3v) is 8.26. The Balaban J connectivity index is 1.50. The number of nitrogens with zero attached hydrogens (tertiary/aromatic N) is 2. The first-order valence-electron chi connectivity index (χ1n) is 15.4. The molecule has 0 aliphatic heterocycles. The lowest BCUT2D eigenvalue weighted by molar-refractivity contribution is -0.158. The number of carboxylic acid groups (broad SMARTS) is 1. The molecular weight excluding hydrogens is 491 g/mol. The van der Waals surface area contributed by atoms with Crippen LogP contribution < -0.4 is 4.74 Å². The van der Waals surface area contributed by atoms with Crippen LogP contribution in [0.2, 0.25) is 0 Å². The van der Waals surface area contributed by atoms with Gasteiger partial charge in [-0.1, -0.05) is 78.1 Å². The van der Waals surface area contributed by atoms with Crippen LogP contribution >= 0.6 is 0 Å². The monoisotopic (exact) mass is 540 g/mol. The number of aryl methyl sites for hydroxylation is 1. The zero-order valence-electron chi connectivity index (χ0n) is 24.2. The molecule has 1 heterocycles. The van der Waals surface area contributed by atoms with Gasteiger partial charge in [0.05, 0.1) is 6.61 Å². The number of hydrogen-bond acceptors (Lipinski definition) is 4. The van der Waals surface area contributed by atoms with Crippen molar-refractivity contribution in [2.75, 3.05) is 6.61 Å². The highest BCUT2D eigenvalue weighted by molar-refractivity contribution is 5.77. The summed E-state index contributed by atoms with van der Waals surface area (Å²) >= 11 is 0. The van der Waals surface area contributed by atoms with Crippen LogP contribution in [0.4, 0.5) is 4.39 Å². The van der Waals surface area contributed by atoms with Gasteiger partial charge in [0.1, 0.15) is 5.75 Å². The molecule has 1 aliphatic rings. The van der Waals surface area contributed by atoms with Crippen molar-refractivity contribution in [3.8, 4) is 17.1 Å². The summed E-state index contributed by atoms with van der Waals surface area (Å²) < 4.78 is 21.9. The lowest BCUT2D eigenvalue weighted by Gasteiger charge is -2.35. The number of benzene rings is 1. The first-order chi connectivity index (χ1) is 19.0. The summed E-state index contributed by atoms with van der Waals surface area (Å²) in [5, 5.41) is 9.81. The van der Waals surface area contributed by atoms with Crippen LogP contribution in [0.1, 0.15) is 116 Å². The van der Waals surface area contributed by atoms with Crippen LogP contribution in [0.5, 0.6) is 5.75 Å². The maximum absolute atomic E-state index is 15.8. The Morgan fingerprint density at radius 1 is 0.974 bits per heavy atom. The number of unbranched alkanes of at least 4 members (excludes halogenated alkanes) is 6. The fraction of sp³-hybridized carbons (Fsp3) is 0.667. The molecule has 6 heteroatoms. The van der Waals surface area contributed by atoms with Crippen molar-refractivity contribution in [1.82, 2.24) is 9.97 Å². The fourth-order valence-corrected chi connectivity index (χ4v) is 5.89. The molecule has 0 saturated heterocycles. The van der Waals surface area contributed by atoms with Crippen molar-refractivity contribution in [2.24, 2.45) is 11.8 Å². The van der Waals surface area contributed by atoms with E-state index in [1.54, 1.807) is 0 Å². The third kappa shape index (κ3) is 9.88. The summed E-state index contributed by atoms with van der Waals surface area (Å²) in [5.41, 5.74) is -0.0837. The van der Waals surface area contributed by atoms with E-state index < -0.39 is 17.6 Å². The van der Waals surface area contributed by atoms with Gasteiger partial charge in [0.2, 0.25) is 5.67 Å². The number of carbonyl (C=O) groups is 1. The van der Waals surface area contributed by atoms with Crippen LogP contribution in [0.25, 0.3) is 11.4 Å². The second-order valence-electron chi connectivity index (χ2n) is 11.5. The van der Waals surface area contributed by atoms with Crippen molar-refractivity contribution in [1.29, 1.82) is 0 Å². The average Bonchev–Trinajstić information content (AvgIpc) is 2.96. The summed E-state index contributed by atoms with van der Waals surface area (Å²) in [7, 11) is 0. The normalized spacial score (nSPS) is 16.5. The lowest BCUT2D eigenvalue weighted by atomic mass is 9.73. The maximum Gasteiger partial charge on any atom is 0.341 e. The molecule has 0 amide bonds. The zero-order chi connectivity index (χ0) is 27.9. The molecule has 1 fully saturated rings. The Bertz CT molecular complexity index is 960. The van der Waals surface area contributed by atoms with E-state index >= 15 is 4.39 Å². The Morgan fingerprint density at radius 3 is 2.23 bits per heavy atom. The maximum atomic E-state index is 15.8. The largest absolute Gasteiger partial charge is 0.493 e. The first-order valence-corrected chi connectivity index (χ1v) is 15.4. The predicted molar refractivity (Wildman–Crippen MR) is 156 cm³/mol. The van der Waals surface area contributed by atoms with Gasteiger partial charge in [-0.3, -0.25) is 0 Å². The van der Waals surface area contributed by atoms with Crippen molar-refractivity contribution in [2.45, 2.75) is 122 Å². The molecule has 3 rings (SSSR count). The van der Waals surface area contributed by atoms with Gasteiger partial charge >= 0.3 is 5.97 Å². The van der Waals surface area contributed by atoms with Gasteiger partial charge in [-0.15, -0.1) is 0 Å². The molecule has 2 aromatic rings. The van der Waals surface area contributed by atoms with Crippen LogP contribution in [0.3, 0.4) is 0 Å². The van der Waals surface area contributed by atoms with Gasteiger partial charge in [0, 0.05) is 23.9 Å². The summed E-state index contributed by atoms with van der Waals surface area (Å²) in [5.74, 6) is -0.486. The molecular formula is C33H49FN2O3. The Labute approximate surface area is 235 Å². The van der Waals surface area contributed by atoms with Crippen molar-refractivity contribution in [3.63, 3.8) is 0 Å². The van der Waals surface area contributed by atoms with Gasteiger partial charge in [-0.25, -0.2) is 19.2 Å². The molecule has 1 N–H and O–H groups in total. The number of aliphatic carboxylic acids is 1. The number of hydrogen-bond donors (Lipinski definition) is 1. The Morgan fingerprint density at radius 2 is 1.62 bits per heavy atom. The number of ether oxygens (including phenoxy) is 1. The minimum Gasteiger partial charge on any atom is -0.493 e. The van der Waals surface area contributed by atoms with Gasteiger partial charge in [0.15, 0.2) is 5.82 Å². The molecule has 5 nitrogen and oxygen atoms in total. The van der Waals surface area contributed by atoms with Crippen molar-refractivity contribution >= 4 is 5.97 Å². The highest BCUT2D eigenvalue weighted by Crippen LogP contribution is 2.40. The minimum absolute atomic E-state index is 0.0119. The Hall–Kier alpha value is -2.50. The zero-order valence-corrected chi connectivity index (χ0v) is 24.2. The van der Waals surface area contributed by atoms with Crippen molar-refractivity contribution in [3.05, 3.63) is 42.2 Å². The van der Waals surface area contributed by atoms with E-state index in [9.17, 15) is 9.90 Å². The molecule has 1 aliphatic carbocycles. The smallest absolute Gasteiger partial charge is 0.341 e. The molecule has 0 radical (unpaired) electrons. The standard InChI is InChI=1S/C33H49FN2O3/c1-3-5-6-7-8-9-11-15-27-23-35-31(36-24-27)28-18-20-30(21-19-28)39-25-26(14-4-2)22-33(34,32(37)38)29-16-12-10-13-17-29/h18-21,23-24,26,29H,3-17,22,25H2,1-2H3,(H,37,38)/t26?,33-/m0/s1. The molecule has 1 aromatic carbocycles. The molecule has 2 atom stereocenters. The number of halogens is 1. The van der Waals surface area contributed by atoms with E-state index in [1.165, 1.54) is 50.5 Å². The highest BCUT2D eigenvalue weighted by Gasteiger charge is 2.48. The summed E-state index contributed by atoms with van der Waals surface area (Å²) in [6, 6.07) is 7.65. The summed E-state index contributed by atoms with van der Waals surface area (Å²) in [4.78, 5) is 21.1. The quantitative estimate of drug-likeness (QED) is 0.191. The van der Waals surface area contributed by atoms with E-state index in [-0.39, 0.29) is 12.3 Å². The fourth-order valence-electron chi connectivity index (χ4n) is 5.89. The molecule has 0 spiro atoms. The van der Waals surface area contributed by atoms with Crippen LogP contribution in [-0.4, -0.2) is 33.3 Å². The molecule has 0 bridgehead atoms. The summed E-state index contributed by atoms with van der Waals surface area (Å²) in [6.45, 7) is 4.60. The van der Waals surface area contributed by atoms with E-state index in [0.29, 0.717) is 31.0 Å². The number of carboxylic acids is 1. The number of alkyl halides is 1. The van der Waals surface area contributed by atoms with E-state index in [2.05, 4.69) is 16.9 Å². The number of rotatable bonds is 18. The molecule has 1 saturated carbocycles. The highest BCUT2D eigenvalue weighted by atomic mass is 19.1. The van der Waals surface area contributed by atoms with Crippen molar-refractivity contribution < 1.29 is 19.0 Å². The number of aromatic nitrogens is 2. The van der Waals surface area contributed by atoms with E-state index in [4.69, 9.17) is 4.74 Å². The summed E-state index contributed by atoms with van der Waals surface area (Å²) in [6.07, 6.45) is 19.7. The minimum atomic E-state index is -2.17. The van der Waals surface area contributed by atoms with Gasteiger partial charge < -0.3 is 9.84 Å². The van der Waals surface area contributed by atoms with E-state index in [1.807, 2.05) is 43.6 Å². The Kier molecular flexibility index (Phi) is 13.2. The molecule has 1 unspecified atom stereocenters. The van der Waals surface area contributed by atoms with Gasteiger partial charge in [-0.05, 0) is 74.3 Å². The average molecular weight is 541 g/mol. The second-order valence-corrected chi connectivity index (χ2v) is 11.5. The SMILES string of the molecule is CCCCCCCCCc1cnc(-c2ccc(OCC(CCC)C[C@@](F)(C(=O)O)C3CCCCC3)cc2)nc1. The third-order valence-electron chi connectivity index (χ3n) is 8.26. The second kappa shape index (κ2) is 16.6. The molecule has 216 valence electrons. The van der Waals surface area contributed by atoms with Crippen LogP contribution in [0.15, 0.2) is 36.7 Å².